The van der Waals surface area contributed by atoms with Crippen LogP contribution in [0.15, 0.2) is 27.2 Å². The second kappa shape index (κ2) is 5.92. The number of nitrogens with one attached hydrogen (secondary N) is 1. The fraction of sp³-hybridized carbons (Fsp3) is 0.250. The topological polar surface area (TPSA) is 68.0 Å². The number of nitrogens with zero attached hydrogens (tertiary/aromatic N) is 2. The Morgan fingerprint density at radius 3 is 2.95 bits per heavy atom. The van der Waals surface area contributed by atoms with Crippen LogP contribution in [0.4, 0.5) is 4.39 Å². The molecule has 0 spiro atoms. The summed E-state index contributed by atoms with van der Waals surface area (Å²) in [5.74, 6) is -0.0784. The lowest BCUT2D eigenvalue weighted by molar-refractivity contribution is 0.0948. The molecule has 5 nitrogen and oxygen atoms in total. The van der Waals surface area contributed by atoms with Gasteiger partial charge in [0.1, 0.15) is 5.82 Å². The van der Waals surface area contributed by atoms with Gasteiger partial charge in [-0.1, -0.05) is 11.2 Å². The van der Waals surface area contributed by atoms with Gasteiger partial charge in [0.25, 0.3) is 5.91 Å². The molecule has 0 bridgehead atoms. The highest BCUT2D eigenvalue weighted by Crippen LogP contribution is 2.19. The molecule has 0 aliphatic heterocycles. The first kappa shape index (κ1) is 13.7. The van der Waals surface area contributed by atoms with Gasteiger partial charge in [0.2, 0.25) is 5.89 Å². The maximum Gasteiger partial charge on any atom is 0.255 e. The monoisotopic (exact) mass is 327 g/mol. The fourth-order valence-corrected chi connectivity index (χ4v) is 2.05. The van der Waals surface area contributed by atoms with E-state index < -0.39 is 11.7 Å². The van der Waals surface area contributed by atoms with Crippen LogP contribution < -0.4 is 5.32 Å². The van der Waals surface area contributed by atoms with Crippen molar-refractivity contribution in [2.24, 2.45) is 0 Å². The highest BCUT2D eigenvalue weighted by Gasteiger charge is 2.15. The Balaban J connectivity index is 1.94. The van der Waals surface area contributed by atoms with Gasteiger partial charge < -0.3 is 9.84 Å². The van der Waals surface area contributed by atoms with Crippen LogP contribution in [0.5, 0.6) is 0 Å². The van der Waals surface area contributed by atoms with E-state index >= 15 is 0 Å². The first-order valence-electron chi connectivity index (χ1n) is 5.59. The summed E-state index contributed by atoms with van der Waals surface area (Å²) in [5.41, 5.74) is -0.00999. The zero-order chi connectivity index (χ0) is 13.8. The third kappa shape index (κ3) is 3.37. The van der Waals surface area contributed by atoms with E-state index in [1.54, 1.807) is 13.0 Å². The van der Waals surface area contributed by atoms with Crippen LogP contribution in [0, 0.1) is 12.7 Å². The van der Waals surface area contributed by atoms with Gasteiger partial charge in [0.05, 0.1) is 5.56 Å². The molecule has 0 atom stereocenters. The van der Waals surface area contributed by atoms with Gasteiger partial charge in [0, 0.05) is 17.4 Å². The largest absolute Gasteiger partial charge is 0.351 e. The number of carbonyl (C=O) groups excluding carboxylic acids is 1. The van der Waals surface area contributed by atoms with E-state index in [2.05, 4.69) is 31.4 Å². The van der Waals surface area contributed by atoms with E-state index in [-0.39, 0.29) is 5.56 Å². The summed E-state index contributed by atoms with van der Waals surface area (Å²) >= 11 is 3.15. The highest BCUT2D eigenvalue weighted by atomic mass is 79.9. The second-order valence-corrected chi connectivity index (χ2v) is 4.69. The zero-order valence-electron chi connectivity index (χ0n) is 10.1. The first-order valence-corrected chi connectivity index (χ1v) is 6.38. The minimum Gasteiger partial charge on any atom is -0.351 e. The van der Waals surface area contributed by atoms with Crippen molar-refractivity contribution in [1.82, 2.24) is 15.5 Å². The second-order valence-electron chi connectivity index (χ2n) is 3.84. The van der Waals surface area contributed by atoms with E-state index in [4.69, 9.17) is 4.52 Å². The molecule has 0 aliphatic carbocycles. The molecule has 0 fully saturated rings. The van der Waals surface area contributed by atoms with Gasteiger partial charge in [-0.25, -0.2) is 4.39 Å². The number of hydrogen-bond acceptors (Lipinski definition) is 4. The van der Waals surface area contributed by atoms with Gasteiger partial charge >= 0.3 is 0 Å². The molecule has 100 valence electrons. The van der Waals surface area contributed by atoms with Gasteiger partial charge in [-0.3, -0.25) is 4.79 Å². The van der Waals surface area contributed by atoms with Crippen molar-refractivity contribution in [3.05, 3.63) is 45.8 Å². The molecule has 2 rings (SSSR count). The molecule has 1 heterocycles. The average molecular weight is 328 g/mol. The lowest BCUT2D eigenvalue weighted by atomic mass is 10.2. The third-order valence-electron chi connectivity index (χ3n) is 2.38. The number of halogens is 2. The maximum atomic E-state index is 13.5. The Labute approximate surface area is 117 Å². The Hall–Kier alpha value is -1.76. The number of hydrogen-bond donors (Lipinski definition) is 1. The minimum atomic E-state index is -0.569. The van der Waals surface area contributed by atoms with Gasteiger partial charge in [-0.2, -0.15) is 4.98 Å². The molecule has 1 aromatic carbocycles. The standard InChI is InChI=1S/C12H11BrFN3O2/c1-7-16-10(19-17-7)5-6-15-12(18)11-8(13)3-2-4-9(11)14/h2-4H,5-6H2,1H3,(H,15,18). The van der Waals surface area contributed by atoms with Crippen LogP contribution in [0.25, 0.3) is 0 Å². The Bertz CT molecular complexity index is 580. The normalized spacial score (nSPS) is 10.5. The number of aromatic nitrogens is 2. The Kier molecular flexibility index (Phi) is 4.26. The minimum absolute atomic E-state index is 0.00999. The highest BCUT2D eigenvalue weighted by molar-refractivity contribution is 9.10. The molecule has 0 saturated carbocycles. The summed E-state index contributed by atoms with van der Waals surface area (Å²) in [6.45, 7) is 2.00. The first-order chi connectivity index (χ1) is 9.08. The van der Waals surface area contributed by atoms with Crippen LogP contribution in [0.2, 0.25) is 0 Å². The van der Waals surface area contributed by atoms with Crippen molar-refractivity contribution in [1.29, 1.82) is 0 Å². The predicted molar refractivity (Wildman–Crippen MR) is 69.2 cm³/mol. The maximum absolute atomic E-state index is 13.5. The van der Waals surface area contributed by atoms with E-state index in [0.29, 0.717) is 29.2 Å². The third-order valence-corrected chi connectivity index (χ3v) is 3.04. The van der Waals surface area contributed by atoms with E-state index in [9.17, 15) is 9.18 Å². The van der Waals surface area contributed by atoms with Crippen molar-refractivity contribution in [2.45, 2.75) is 13.3 Å². The molecule has 19 heavy (non-hydrogen) atoms. The average Bonchev–Trinajstić information content (AvgIpc) is 2.75. The summed E-state index contributed by atoms with van der Waals surface area (Å²) in [4.78, 5) is 15.8. The van der Waals surface area contributed by atoms with E-state index in [1.807, 2.05) is 0 Å². The van der Waals surface area contributed by atoms with Crippen molar-refractivity contribution < 1.29 is 13.7 Å². The van der Waals surface area contributed by atoms with Crippen molar-refractivity contribution in [2.75, 3.05) is 6.54 Å². The molecular formula is C12H11BrFN3O2. The number of carbonyl (C=O) groups is 1. The van der Waals surface area contributed by atoms with Crippen LogP contribution in [0.1, 0.15) is 22.1 Å². The molecule has 1 aromatic heterocycles. The lowest BCUT2D eigenvalue weighted by Crippen LogP contribution is -2.27. The predicted octanol–water partition coefficient (Wildman–Crippen LogP) is 2.25. The van der Waals surface area contributed by atoms with Crippen LogP contribution >= 0.6 is 15.9 Å². The molecule has 0 radical (unpaired) electrons. The summed E-state index contributed by atoms with van der Waals surface area (Å²) in [5, 5.41) is 6.24. The molecule has 0 saturated heterocycles. The quantitative estimate of drug-likeness (QED) is 0.935. The Morgan fingerprint density at radius 2 is 2.32 bits per heavy atom. The fourth-order valence-electron chi connectivity index (χ4n) is 1.53. The van der Waals surface area contributed by atoms with Crippen molar-refractivity contribution >= 4 is 21.8 Å². The van der Waals surface area contributed by atoms with Gasteiger partial charge in [-0.15, -0.1) is 0 Å². The van der Waals surface area contributed by atoms with Crippen LogP contribution in [-0.2, 0) is 6.42 Å². The number of benzene rings is 1. The van der Waals surface area contributed by atoms with Crippen LogP contribution in [-0.4, -0.2) is 22.6 Å². The number of amides is 1. The summed E-state index contributed by atoms with van der Waals surface area (Å²) in [6.07, 6.45) is 0.401. The lowest BCUT2D eigenvalue weighted by Gasteiger charge is -2.06. The SMILES string of the molecule is Cc1noc(CCNC(=O)c2c(F)cccc2Br)n1. The summed E-state index contributed by atoms with van der Waals surface area (Å²) < 4.78 is 18.8. The van der Waals surface area contributed by atoms with Crippen molar-refractivity contribution in [3.8, 4) is 0 Å². The molecule has 0 aliphatic rings. The molecule has 1 N–H and O–H groups in total. The molecule has 7 heteroatoms. The zero-order valence-corrected chi connectivity index (χ0v) is 11.7. The molecule has 0 unspecified atom stereocenters. The smallest absolute Gasteiger partial charge is 0.255 e. The van der Waals surface area contributed by atoms with Gasteiger partial charge in [-0.05, 0) is 35.0 Å². The Morgan fingerprint density at radius 1 is 1.53 bits per heavy atom. The van der Waals surface area contributed by atoms with E-state index in [0.717, 1.165) is 0 Å². The van der Waals surface area contributed by atoms with E-state index in [1.165, 1.54) is 12.1 Å². The summed E-state index contributed by atoms with van der Waals surface area (Å²) in [7, 11) is 0. The van der Waals surface area contributed by atoms with Crippen molar-refractivity contribution in [3.63, 3.8) is 0 Å². The number of rotatable bonds is 4. The molecule has 1 amide bonds. The van der Waals surface area contributed by atoms with Crippen LogP contribution in [0.3, 0.4) is 0 Å². The summed E-state index contributed by atoms with van der Waals surface area (Å²) in [6, 6.07) is 4.37. The van der Waals surface area contributed by atoms with Gasteiger partial charge in [0.15, 0.2) is 5.82 Å². The molecular weight excluding hydrogens is 317 g/mol. The molecule has 2 aromatic rings. The number of aryl methyl sites for hydroxylation is 1.